The van der Waals surface area contributed by atoms with E-state index in [0.29, 0.717) is 18.3 Å². The van der Waals surface area contributed by atoms with Crippen LogP contribution in [0.4, 0.5) is 11.4 Å². The van der Waals surface area contributed by atoms with Gasteiger partial charge < -0.3 is 14.8 Å². The Morgan fingerprint density at radius 1 is 1.29 bits per heavy atom. The summed E-state index contributed by atoms with van der Waals surface area (Å²) in [6, 6.07) is 4.11. The van der Waals surface area contributed by atoms with Crippen LogP contribution in [0.1, 0.15) is 37.7 Å². The summed E-state index contributed by atoms with van der Waals surface area (Å²) in [5.41, 5.74) is 2.08. The summed E-state index contributed by atoms with van der Waals surface area (Å²) in [5.74, 6) is -0.522. The largest absolute Gasteiger partial charge is 0.494 e. The number of aryl methyl sites for hydroxylation is 1. The van der Waals surface area contributed by atoms with E-state index in [4.69, 9.17) is 9.47 Å². The zero-order valence-corrected chi connectivity index (χ0v) is 18.4. The summed E-state index contributed by atoms with van der Waals surface area (Å²) in [4.78, 5) is 35.0. The van der Waals surface area contributed by atoms with Gasteiger partial charge >= 0.3 is 5.97 Å². The molecule has 1 aromatic heterocycles. The van der Waals surface area contributed by atoms with Gasteiger partial charge in [-0.1, -0.05) is 13.8 Å². The second kappa shape index (κ2) is 10.6. The minimum atomic E-state index is -0.676. The van der Waals surface area contributed by atoms with E-state index in [0.717, 1.165) is 23.5 Å². The van der Waals surface area contributed by atoms with Crippen molar-refractivity contribution >= 4 is 23.3 Å². The third-order valence-corrected chi connectivity index (χ3v) is 4.51. The van der Waals surface area contributed by atoms with E-state index in [-0.39, 0.29) is 17.8 Å². The minimum absolute atomic E-state index is 0.00356. The van der Waals surface area contributed by atoms with Gasteiger partial charge in [0.05, 0.1) is 29.7 Å². The van der Waals surface area contributed by atoms with Crippen LogP contribution < -0.4 is 10.1 Å². The van der Waals surface area contributed by atoms with E-state index < -0.39 is 23.4 Å². The molecular weight excluding hydrogens is 404 g/mol. The third kappa shape index (κ3) is 6.53. The Balaban J connectivity index is 1.97. The Bertz CT molecular complexity index is 967. The third-order valence-electron chi connectivity index (χ3n) is 4.51. The number of esters is 1. The van der Waals surface area contributed by atoms with Gasteiger partial charge in [0.2, 0.25) is 0 Å². The Morgan fingerprint density at radius 2 is 2.00 bits per heavy atom. The summed E-state index contributed by atoms with van der Waals surface area (Å²) in [6.45, 7) is 10.2. The monoisotopic (exact) mass is 432 g/mol. The van der Waals surface area contributed by atoms with Crippen molar-refractivity contribution in [1.29, 1.82) is 0 Å². The predicted octanol–water partition coefficient (Wildman–Crippen LogP) is 3.19. The first-order chi connectivity index (χ1) is 14.6. The van der Waals surface area contributed by atoms with Gasteiger partial charge in [0, 0.05) is 17.8 Å². The highest BCUT2D eigenvalue weighted by atomic mass is 16.6. The second-order valence-electron chi connectivity index (χ2n) is 7.48. The average Bonchev–Trinajstić information content (AvgIpc) is 2.94. The molecule has 0 fully saturated rings. The van der Waals surface area contributed by atoms with Crippen molar-refractivity contribution in [3.05, 3.63) is 45.3 Å². The molecule has 31 heavy (non-hydrogen) atoms. The number of carbonyl (C=O) groups is 2. The summed E-state index contributed by atoms with van der Waals surface area (Å²) < 4.78 is 12.2. The highest BCUT2D eigenvalue weighted by Crippen LogP contribution is 2.29. The van der Waals surface area contributed by atoms with E-state index in [9.17, 15) is 19.7 Å². The van der Waals surface area contributed by atoms with Crippen molar-refractivity contribution in [2.45, 2.75) is 47.6 Å². The number of amides is 1. The number of nitro benzene ring substituents is 1. The number of nitro groups is 1. The van der Waals surface area contributed by atoms with E-state index in [1.54, 1.807) is 6.92 Å². The molecule has 0 saturated heterocycles. The SMILES string of the molecule is CCOc1ccc(NC(=O)COC(=O)Cc2c(C)nn(CC(C)C)c2C)c([N+](=O)[O-])c1. The van der Waals surface area contributed by atoms with Crippen molar-refractivity contribution in [3.8, 4) is 5.75 Å². The number of nitrogens with zero attached hydrogens (tertiary/aromatic N) is 3. The van der Waals surface area contributed by atoms with Crippen molar-refractivity contribution in [1.82, 2.24) is 9.78 Å². The molecule has 2 rings (SSSR count). The van der Waals surface area contributed by atoms with Gasteiger partial charge in [-0.05, 0) is 38.8 Å². The van der Waals surface area contributed by atoms with Crippen LogP contribution >= 0.6 is 0 Å². The van der Waals surface area contributed by atoms with Gasteiger partial charge in [-0.25, -0.2) is 0 Å². The van der Waals surface area contributed by atoms with Gasteiger partial charge in [0.15, 0.2) is 6.61 Å². The Morgan fingerprint density at radius 3 is 2.61 bits per heavy atom. The Kier molecular flexibility index (Phi) is 8.12. The molecule has 1 N–H and O–H groups in total. The quantitative estimate of drug-likeness (QED) is 0.347. The summed E-state index contributed by atoms with van der Waals surface area (Å²) >= 11 is 0. The number of benzene rings is 1. The van der Waals surface area contributed by atoms with Crippen molar-refractivity contribution in [2.75, 3.05) is 18.5 Å². The maximum Gasteiger partial charge on any atom is 0.310 e. The highest BCUT2D eigenvalue weighted by molar-refractivity contribution is 5.95. The molecule has 0 aliphatic heterocycles. The first-order valence-electron chi connectivity index (χ1n) is 10.0. The van der Waals surface area contributed by atoms with E-state index in [1.807, 2.05) is 18.5 Å². The zero-order valence-electron chi connectivity index (χ0n) is 18.4. The fourth-order valence-corrected chi connectivity index (χ4v) is 3.07. The minimum Gasteiger partial charge on any atom is -0.494 e. The Labute approximate surface area is 180 Å². The molecule has 0 atom stereocenters. The first-order valence-corrected chi connectivity index (χ1v) is 10.0. The molecule has 0 unspecified atom stereocenters. The number of carbonyl (C=O) groups excluding carboxylic acids is 2. The lowest BCUT2D eigenvalue weighted by atomic mass is 10.1. The molecule has 10 heteroatoms. The fraction of sp³-hybridized carbons (Fsp3) is 0.476. The molecular formula is C21H28N4O6. The maximum absolute atomic E-state index is 12.2. The van der Waals surface area contributed by atoms with Crippen LogP contribution in [0.5, 0.6) is 5.75 Å². The lowest BCUT2D eigenvalue weighted by Crippen LogP contribution is -2.22. The average molecular weight is 432 g/mol. The molecule has 0 bridgehead atoms. The number of aromatic nitrogens is 2. The van der Waals surface area contributed by atoms with Crippen LogP contribution in [0.25, 0.3) is 0 Å². The lowest BCUT2D eigenvalue weighted by Gasteiger charge is -2.09. The van der Waals surface area contributed by atoms with E-state index in [2.05, 4.69) is 24.3 Å². The maximum atomic E-state index is 12.2. The standard InChI is InChI=1S/C21H28N4O6/c1-6-30-16-7-8-18(19(9-16)25(28)29)22-20(26)12-31-21(27)10-17-14(4)23-24(15(17)5)11-13(2)3/h7-9,13H,6,10-12H2,1-5H3,(H,22,26). The molecule has 1 aromatic carbocycles. The van der Waals surface area contributed by atoms with Gasteiger partial charge in [0.25, 0.3) is 11.6 Å². The highest BCUT2D eigenvalue weighted by Gasteiger charge is 2.20. The number of hydrogen-bond donors (Lipinski definition) is 1. The van der Waals surface area contributed by atoms with Gasteiger partial charge in [-0.3, -0.25) is 24.4 Å². The molecule has 2 aromatic rings. The van der Waals surface area contributed by atoms with E-state index in [1.165, 1.54) is 18.2 Å². The smallest absolute Gasteiger partial charge is 0.310 e. The van der Waals surface area contributed by atoms with Crippen molar-refractivity contribution < 1.29 is 24.0 Å². The number of rotatable bonds is 10. The molecule has 1 heterocycles. The summed E-state index contributed by atoms with van der Waals surface area (Å²) in [7, 11) is 0. The van der Waals surface area contributed by atoms with Gasteiger partial charge in [0.1, 0.15) is 11.4 Å². The molecule has 0 spiro atoms. The number of hydrogen-bond acceptors (Lipinski definition) is 7. The molecule has 0 aliphatic carbocycles. The molecule has 168 valence electrons. The first kappa shape index (κ1) is 23.8. The molecule has 0 saturated carbocycles. The number of nitrogens with one attached hydrogen (secondary N) is 1. The second-order valence-corrected chi connectivity index (χ2v) is 7.48. The molecule has 0 aliphatic rings. The Hall–Kier alpha value is -3.43. The predicted molar refractivity (Wildman–Crippen MR) is 114 cm³/mol. The molecule has 0 radical (unpaired) electrons. The number of ether oxygens (including phenoxy) is 2. The van der Waals surface area contributed by atoms with Crippen LogP contribution in [-0.2, 0) is 27.3 Å². The van der Waals surface area contributed by atoms with Crippen LogP contribution in [0.15, 0.2) is 18.2 Å². The normalized spacial score (nSPS) is 10.8. The summed E-state index contributed by atoms with van der Waals surface area (Å²) in [6.07, 6.45) is -0.00770. The van der Waals surface area contributed by atoms with Crippen LogP contribution in [0, 0.1) is 29.9 Å². The van der Waals surface area contributed by atoms with E-state index >= 15 is 0 Å². The number of anilines is 1. The molecule has 10 nitrogen and oxygen atoms in total. The molecule has 1 amide bonds. The fourth-order valence-electron chi connectivity index (χ4n) is 3.07. The van der Waals surface area contributed by atoms with Crippen LogP contribution in [0.2, 0.25) is 0 Å². The topological polar surface area (TPSA) is 126 Å². The van der Waals surface area contributed by atoms with Gasteiger partial charge in [-0.2, -0.15) is 5.10 Å². The summed E-state index contributed by atoms with van der Waals surface area (Å²) in [5, 5.41) is 18.1. The van der Waals surface area contributed by atoms with Crippen LogP contribution in [0.3, 0.4) is 0 Å². The van der Waals surface area contributed by atoms with Gasteiger partial charge in [-0.15, -0.1) is 0 Å². The zero-order chi connectivity index (χ0) is 23.1. The van der Waals surface area contributed by atoms with Crippen LogP contribution in [-0.4, -0.2) is 39.8 Å². The lowest BCUT2D eigenvalue weighted by molar-refractivity contribution is -0.384. The van der Waals surface area contributed by atoms with Crippen molar-refractivity contribution in [2.24, 2.45) is 5.92 Å². The van der Waals surface area contributed by atoms with Crippen molar-refractivity contribution in [3.63, 3.8) is 0 Å².